The van der Waals surface area contributed by atoms with E-state index in [4.69, 9.17) is 11.5 Å². The van der Waals surface area contributed by atoms with Crippen molar-refractivity contribution in [2.45, 2.75) is 102 Å². The van der Waals surface area contributed by atoms with Crippen molar-refractivity contribution in [3.63, 3.8) is 0 Å². The summed E-state index contributed by atoms with van der Waals surface area (Å²) in [6, 6.07) is 15.1. The van der Waals surface area contributed by atoms with Crippen molar-refractivity contribution in [1.29, 1.82) is 0 Å². The van der Waals surface area contributed by atoms with Gasteiger partial charge in [0.05, 0.1) is 6.42 Å². The van der Waals surface area contributed by atoms with Crippen LogP contribution in [0.25, 0.3) is 21.7 Å². The molecule has 344 valence electrons. The fourth-order valence-electron chi connectivity index (χ4n) is 7.35. The highest BCUT2D eigenvalue weighted by Gasteiger charge is 2.35. The Morgan fingerprint density at radius 1 is 0.688 bits per heavy atom. The molecule has 4 rings (SSSR count). The summed E-state index contributed by atoms with van der Waals surface area (Å²) in [5.41, 5.74) is 13.4. The number of likely N-dealkylation sites (N-methyl/N-ethyl adjacent to an activating group) is 1. The highest BCUT2D eigenvalue weighted by Crippen LogP contribution is 2.22. The van der Waals surface area contributed by atoms with E-state index in [2.05, 4.69) is 31.6 Å². The number of rotatable bonds is 27. The molecule has 0 spiro atoms. The van der Waals surface area contributed by atoms with Gasteiger partial charge in [-0.2, -0.15) is 0 Å². The number of H-pyrrole nitrogens is 1. The number of primary amides is 1. The molecular weight excluding hydrogens is 823 g/mol. The maximum absolute atomic E-state index is 14.5. The zero-order chi connectivity index (χ0) is 46.6. The summed E-state index contributed by atoms with van der Waals surface area (Å²) in [6.07, 6.45) is 3.39. The van der Waals surface area contributed by atoms with Gasteiger partial charge in [-0.05, 0) is 53.8 Å². The molecule has 0 fully saturated rings. The number of amides is 7. The van der Waals surface area contributed by atoms with Crippen LogP contribution in [-0.4, -0.2) is 113 Å². The van der Waals surface area contributed by atoms with Gasteiger partial charge >= 0.3 is 5.97 Å². The number of carbonyl (C=O) groups is 8. The summed E-state index contributed by atoms with van der Waals surface area (Å²) in [6.45, 7) is 2.59. The number of unbranched alkanes of at least 4 members (excludes halogenated alkanes) is 1. The van der Waals surface area contributed by atoms with E-state index >= 15 is 0 Å². The Morgan fingerprint density at radius 2 is 1.33 bits per heavy atom. The number of carbonyl (C=O) groups excluding carboxylic acids is 7. The van der Waals surface area contributed by atoms with Crippen LogP contribution in [0.4, 0.5) is 0 Å². The van der Waals surface area contributed by atoms with E-state index in [0.29, 0.717) is 56.3 Å². The highest BCUT2D eigenvalue weighted by molar-refractivity contribution is 5.97. The average molecular weight is 884 g/mol. The standard InChI is InChI=1S/C46H61N9O9/c1-3-4-18-38(45(63)54-36(27-42(59)60)44(62)53-35(43(48)61)25-30-14-9-13-29-12-5-6-15-32(29)30)55(2)46(64)37(26-31-28-51-34-17-8-7-16-33(31)34)52-41(58)21-24-50-40(57)20-11-23-49-39(56)19-10-22-47/h5-9,12-17,28,35-38,51H,3-4,10-11,18-27,47H2,1-2H3,(H2,48,61)(H,49,56)(H,50,57)(H,52,58)(H,53,62)(H,54,63)(H,59,60)/t35-,36-,37-,38-/m0/s1. The van der Waals surface area contributed by atoms with Gasteiger partial charge in [-0.1, -0.05) is 80.4 Å². The molecule has 1 aromatic heterocycles. The maximum Gasteiger partial charge on any atom is 0.305 e. The molecule has 18 heteroatoms. The molecule has 0 aliphatic carbocycles. The van der Waals surface area contributed by atoms with Crippen molar-refractivity contribution in [3.05, 3.63) is 84.1 Å². The number of aromatic nitrogens is 1. The maximum atomic E-state index is 14.5. The van der Waals surface area contributed by atoms with Crippen LogP contribution in [0.5, 0.6) is 0 Å². The topological polar surface area (TPSA) is 288 Å². The average Bonchev–Trinajstić information content (AvgIpc) is 3.68. The first-order valence-corrected chi connectivity index (χ1v) is 21.6. The third-order valence-corrected chi connectivity index (χ3v) is 10.8. The van der Waals surface area contributed by atoms with E-state index in [0.717, 1.165) is 21.7 Å². The quantitative estimate of drug-likeness (QED) is 0.0391. The second kappa shape index (κ2) is 25.3. The molecule has 0 saturated heterocycles. The fourth-order valence-corrected chi connectivity index (χ4v) is 7.35. The van der Waals surface area contributed by atoms with E-state index in [-0.39, 0.29) is 50.5 Å². The molecule has 0 aliphatic rings. The van der Waals surface area contributed by atoms with Gasteiger partial charge in [-0.3, -0.25) is 38.4 Å². The van der Waals surface area contributed by atoms with Gasteiger partial charge in [0, 0.05) is 69.3 Å². The molecule has 0 bridgehead atoms. The molecule has 11 N–H and O–H groups in total. The Hall–Kier alpha value is -6.82. The first-order valence-electron chi connectivity index (χ1n) is 21.6. The third-order valence-electron chi connectivity index (χ3n) is 10.8. The Bertz CT molecular complexity index is 2260. The first kappa shape index (κ1) is 49.8. The minimum Gasteiger partial charge on any atom is -0.481 e. The second-order valence-electron chi connectivity index (χ2n) is 15.7. The number of carboxylic acids is 1. The molecule has 7 amide bonds. The lowest BCUT2D eigenvalue weighted by Gasteiger charge is -2.32. The largest absolute Gasteiger partial charge is 0.481 e. The Morgan fingerprint density at radius 3 is 2.03 bits per heavy atom. The molecule has 4 atom stereocenters. The molecule has 18 nitrogen and oxygen atoms in total. The monoisotopic (exact) mass is 883 g/mol. The zero-order valence-electron chi connectivity index (χ0n) is 36.5. The molecule has 3 aromatic carbocycles. The Labute approximate surface area is 372 Å². The Balaban J connectivity index is 1.47. The Kier molecular flexibility index (Phi) is 19.7. The van der Waals surface area contributed by atoms with E-state index < -0.39 is 66.1 Å². The van der Waals surface area contributed by atoms with Crippen LogP contribution >= 0.6 is 0 Å². The number of fused-ring (bicyclic) bond motifs is 2. The number of hydrogen-bond acceptors (Lipinski definition) is 9. The van der Waals surface area contributed by atoms with E-state index in [1.807, 2.05) is 61.5 Å². The number of carboxylic acid groups (broad SMARTS) is 1. The molecule has 64 heavy (non-hydrogen) atoms. The van der Waals surface area contributed by atoms with Gasteiger partial charge in [0.15, 0.2) is 0 Å². The predicted molar refractivity (Wildman–Crippen MR) is 241 cm³/mol. The summed E-state index contributed by atoms with van der Waals surface area (Å²) < 4.78 is 0. The number of aliphatic carboxylic acids is 1. The normalized spacial score (nSPS) is 12.9. The van der Waals surface area contributed by atoms with Crippen LogP contribution in [0.15, 0.2) is 72.9 Å². The molecule has 0 unspecified atom stereocenters. The van der Waals surface area contributed by atoms with Gasteiger partial charge in [-0.15, -0.1) is 0 Å². The van der Waals surface area contributed by atoms with Gasteiger partial charge in [0.25, 0.3) is 0 Å². The van der Waals surface area contributed by atoms with Crippen LogP contribution < -0.4 is 38.1 Å². The zero-order valence-corrected chi connectivity index (χ0v) is 36.5. The minimum absolute atomic E-state index is 0.000401. The number of nitrogens with zero attached hydrogens (tertiary/aromatic N) is 1. The van der Waals surface area contributed by atoms with Gasteiger partial charge < -0.3 is 53.0 Å². The minimum atomic E-state index is -1.65. The van der Waals surface area contributed by atoms with Crippen molar-refractivity contribution in [1.82, 2.24) is 36.5 Å². The SMILES string of the molecule is CCCC[C@@H](C(=O)N[C@@H](CC(=O)O)C(=O)N[C@@H](Cc1cccc2ccccc12)C(N)=O)N(C)C(=O)[C@H](Cc1c[nH]c2ccccc12)NC(=O)CCNC(=O)CCCNC(=O)CCCN. The lowest BCUT2D eigenvalue weighted by molar-refractivity contribution is -0.144. The highest BCUT2D eigenvalue weighted by atomic mass is 16.4. The van der Waals surface area contributed by atoms with Crippen molar-refractivity contribution in [2.24, 2.45) is 11.5 Å². The van der Waals surface area contributed by atoms with E-state index in [1.54, 1.807) is 18.3 Å². The predicted octanol–water partition coefficient (Wildman–Crippen LogP) is 1.68. The second-order valence-corrected chi connectivity index (χ2v) is 15.7. The van der Waals surface area contributed by atoms with Crippen molar-refractivity contribution < 1.29 is 43.5 Å². The summed E-state index contributed by atoms with van der Waals surface area (Å²) in [7, 11) is 1.40. The van der Waals surface area contributed by atoms with Gasteiger partial charge in [-0.25, -0.2) is 0 Å². The fraction of sp³-hybridized carbons (Fsp3) is 0.435. The molecule has 0 radical (unpaired) electrons. The number of nitrogens with one attached hydrogen (secondary N) is 6. The van der Waals surface area contributed by atoms with Gasteiger partial charge in [0.2, 0.25) is 41.4 Å². The third kappa shape index (κ3) is 15.2. The summed E-state index contributed by atoms with van der Waals surface area (Å²) in [4.78, 5) is 109. The number of para-hydroxylation sites is 1. The lowest BCUT2D eigenvalue weighted by Crippen LogP contribution is -2.59. The van der Waals surface area contributed by atoms with Crippen molar-refractivity contribution in [2.75, 3.05) is 26.7 Å². The number of nitrogens with two attached hydrogens (primary N) is 2. The van der Waals surface area contributed by atoms with E-state index in [9.17, 15) is 43.5 Å². The number of benzene rings is 3. The van der Waals surface area contributed by atoms with Crippen molar-refractivity contribution in [3.8, 4) is 0 Å². The number of hydrogen-bond donors (Lipinski definition) is 9. The van der Waals surface area contributed by atoms with Crippen LogP contribution in [-0.2, 0) is 51.2 Å². The molecule has 1 heterocycles. The summed E-state index contributed by atoms with van der Waals surface area (Å²) in [5.74, 6) is -5.67. The first-order chi connectivity index (χ1) is 30.7. The van der Waals surface area contributed by atoms with Crippen LogP contribution in [0.1, 0.15) is 75.8 Å². The van der Waals surface area contributed by atoms with E-state index in [1.165, 1.54) is 11.9 Å². The van der Waals surface area contributed by atoms with Crippen molar-refractivity contribution >= 4 is 69.0 Å². The smallest absolute Gasteiger partial charge is 0.305 e. The summed E-state index contributed by atoms with van der Waals surface area (Å²) >= 11 is 0. The molecule has 4 aromatic rings. The number of aromatic amines is 1. The summed E-state index contributed by atoms with van der Waals surface area (Å²) in [5, 5.41) is 25.6. The molecular formula is C46H61N9O9. The van der Waals surface area contributed by atoms with Crippen LogP contribution in [0.3, 0.4) is 0 Å². The molecule has 0 aliphatic heterocycles. The molecule has 0 saturated carbocycles. The van der Waals surface area contributed by atoms with Crippen LogP contribution in [0, 0.1) is 0 Å². The lowest BCUT2D eigenvalue weighted by atomic mass is 9.98. The van der Waals surface area contributed by atoms with Crippen LogP contribution in [0.2, 0.25) is 0 Å². The van der Waals surface area contributed by atoms with Gasteiger partial charge in [0.1, 0.15) is 24.2 Å².